The second-order valence-electron chi connectivity index (χ2n) is 12.8. The van der Waals surface area contributed by atoms with Crippen LogP contribution in [0.25, 0.3) is 0 Å². The van der Waals surface area contributed by atoms with E-state index in [1.807, 2.05) is 65.0 Å². The number of aliphatic hydroxyl groups is 1. The SMILES string of the molecule is C=CCN(C(=O)[C@@H]1[C@H]2C(=O)N([C@@H](CO)C(C)C)C(C(=O)N(CC=C)C(C)(C)C)C23S[C@@H]1CC3C)c1ccccc1. The largest absolute Gasteiger partial charge is 0.394 e. The molecule has 1 spiro atoms. The first kappa shape index (κ1) is 30.4. The highest BCUT2D eigenvalue weighted by Gasteiger charge is 2.77. The number of fused-ring (bicyclic) bond motifs is 1. The standard InChI is InChI=1S/C32H45N3O4S/c1-9-16-33(22-14-12-11-13-15-22)28(37)25-24-18-21(5)32(40-24)26(25)29(38)35(23(19-36)20(3)4)27(32)30(39)34(17-10-2)31(6,7)8/h9-15,20-21,23-27,36H,1-2,16-19H2,3-8H3/t21?,23-,24+,25-,26-,27?,32?/m0/s1. The van der Waals surface area contributed by atoms with Crippen molar-refractivity contribution in [1.29, 1.82) is 0 Å². The summed E-state index contributed by atoms with van der Waals surface area (Å²) in [6, 6.07) is 8.17. The van der Waals surface area contributed by atoms with E-state index in [-0.39, 0.29) is 41.4 Å². The van der Waals surface area contributed by atoms with Crippen LogP contribution in [0.4, 0.5) is 5.69 Å². The van der Waals surface area contributed by atoms with Gasteiger partial charge in [-0.25, -0.2) is 0 Å². The van der Waals surface area contributed by atoms with Crippen molar-refractivity contribution in [1.82, 2.24) is 9.80 Å². The molecule has 3 amide bonds. The van der Waals surface area contributed by atoms with Crippen molar-refractivity contribution in [2.24, 2.45) is 23.7 Å². The number of rotatable bonds is 10. The quantitative estimate of drug-likeness (QED) is 0.425. The van der Waals surface area contributed by atoms with Crippen LogP contribution in [0.15, 0.2) is 55.6 Å². The zero-order chi connectivity index (χ0) is 29.6. The number of thioether (sulfide) groups is 1. The van der Waals surface area contributed by atoms with E-state index in [1.54, 1.807) is 38.6 Å². The molecule has 7 nitrogen and oxygen atoms in total. The van der Waals surface area contributed by atoms with Gasteiger partial charge in [0.05, 0.1) is 29.2 Å². The second-order valence-corrected chi connectivity index (χ2v) is 14.3. The molecule has 1 aromatic rings. The van der Waals surface area contributed by atoms with Gasteiger partial charge >= 0.3 is 0 Å². The molecular weight excluding hydrogens is 522 g/mol. The molecule has 40 heavy (non-hydrogen) atoms. The van der Waals surface area contributed by atoms with Crippen molar-refractivity contribution in [2.45, 2.75) is 75.6 Å². The Hall–Kier alpha value is -2.58. The topological polar surface area (TPSA) is 81.2 Å². The Morgan fingerprint density at radius 3 is 2.30 bits per heavy atom. The van der Waals surface area contributed by atoms with Crippen LogP contribution in [-0.2, 0) is 14.4 Å². The first-order valence-corrected chi connectivity index (χ1v) is 15.2. The molecule has 3 aliphatic heterocycles. The number of amides is 3. The smallest absolute Gasteiger partial charge is 0.247 e. The molecule has 1 aromatic carbocycles. The lowest BCUT2D eigenvalue weighted by atomic mass is 9.65. The normalized spacial score (nSPS) is 29.9. The summed E-state index contributed by atoms with van der Waals surface area (Å²) in [6.45, 7) is 20.2. The minimum absolute atomic E-state index is 0.0427. The van der Waals surface area contributed by atoms with Gasteiger partial charge < -0.3 is 19.8 Å². The number of carbonyl (C=O) groups is 3. The molecule has 0 radical (unpaired) electrons. The number of para-hydroxylation sites is 1. The van der Waals surface area contributed by atoms with Gasteiger partial charge in [-0.2, -0.15) is 0 Å². The van der Waals surface area contributed by atoms with Gasteiger partial charge in [0.15, 0.2) is 0 Å². The van der Waals surface area contributed by atoms with E-state index in [9.17, 15) is 19.5 Å². The summed E-state index contributed by atoms with van der Waals surface area (Å²) in [5, 5.41) is 10.5. The van der Waals surface area contributed by atoms with Crippen molar-refractivity contribution in [3.8, 4) is 0 Å². The van der Waals surface area contributed by atoms with Crippen LogP contribution in [-0.4, -0.2) is 79.9 Å². The maximum absolute atomic E-state index is 14.7. The van der Waals surface area contributed by atoms with Crippen molar-refractivity contribution >= 4 is 35.2 Å². The Kier molecular flexibility index (Phi) is 8.63. The van der Waals surface area contributed by atoms with Crippen LogP contribution < -0.4 is 4.90 Å². The summed E-state index contributed by atoms with van der Waals surface area (Å²) in [4.78, 5) is 48.9. The highest BCUT2D eigenvalue weighted by Crippen LogP contribution is 2.69. The minimum Gasteiger partial charge on any atom is -0.394 e. The maximum atomic E-state index is 14.7. The van der Waals surface area contributed by atoms with E-state index in [2.05, 4.69) is 20.1 Å². The van der Waals surface area contributed by atoms with Crippen LogP contribution in [0.3, 0.4) is 0 Å². The van der Waals surface area contributed by atoms with Crippen molar-refractivity contribution in [3.05, 3.63) is 55.6 Å². The molecular formula is C32H45N3O4S. The zero-order valence-electron chi connectivity index (χ0n) is 24.7. The third kappa shape index (κ3) is 4.71. The number of carbonyl (C=O) groups excluding carboxylic acids is 3. The Morgan fingerprint density at radius 1 is 1.15 bits per heavy atom. The summed E-state index contributed by atoms with van der Waals surface area (Å²) in [5.41, 5.74) is 0.257. The molecule has 3 aliphatic rings. The molecule has 3 saturated heterocycles. The number of aliphatic hydroxyl groups excluding tert-OH is 1. The fourth-order valence-corrected chi connectivity index (χ4v) is 9.60. The first-order chi connectivity index (χ1) is 18.9. The molecule has 3 heterocycles. The molecule has 1 N–H and O–H groups in total. The fourth-order valence-electron chi connectivity index (χ4n) is 7.21. The Bertz CT molecular complexity index is 1150. The molecule has 3 fully saturated rings. The number of nitrogens with zero attached hydrogens (tertiary/aromatic N) is 3. The van der Waals surface area contributed by atoms with E-state index in [0.717, 1.165) is 12.1 Å². The molecule has 4 rings (SSSR count). The van der Waals surface area contributed by atoms with Crippen molar-refractivity contribution in [3.63, 3.8) is 0 Å². The highest BCUT2D eigenvalue weighted by atomic mass is 32.2. The van der Waals surface area contributed by atoms with Crippen LogP contribution in [0.2, 0.25) is 0 Å². The molecule has 0 aliphatic carbocycles. The molecule has 8 heteroatoms. The van der Waals surface area contributed by atoms with Gasteiger partial charge in [0, 0.05) is 29.6 Å². The predicted octanol–water partition coefficient (Wildman–Crippen LogP) is 4.37. The van der Waals surface area contributed by atoms with Crippen LogP contribution in [0.1, 0.15) is 48.0 Å². The molecule has 7 atom stereocenters. The van der Waals surface area contributed by atoms with Gasteiger partial charge in [0.25, 0.3) is 0 Å². The van der Waals surface area contributed by atoms with E-state index in [4.69, 9.17) is 0 Å². The van der Waals surface area contributed by atoms with Gasteiger partial charge in [-0.1, -0.05) is 51.1 Å². The van der Waals surface area contributed by atoms with Gasteiger partial charge in [0.2, 0.25) is 17.7 Å². The molecule has 0 aromatic heterocycles. The number of likely N-dealkylation sites (tertiary alicyclic amines) is 1. The maximum Gasteiger partial charge on any atom is 0.247 e. The Labute approximate surface area is 243 Å². The molecule has 3 unspecified atom stereocenters. The lowest BCUT2D eigenvalue weighted by Crippen LogP contribution is -2.62. The van der Waals surface area contributed by atoms with E-state index in [1.165, 1.54) is 0 Å². The molecule has 218 valence electrons. The van der Waals surface area contributed by atoms with E-state index >= 15 is 0 Å². The third-order valence-electron chi connectivity index (χ3n) is 9.05. The monoisotopic (exact) mass is 567 g/mol. The first-order valence-electron chi connectivity index (χ1n) is 14.4. The van der Waals surface area contributed by atoms with Crippen LogP contribution in [0, 0.1) is 23.7 Å². The number of benzene rings is 1. The Morgan fingerprint density at radius 2 is 1.77 bits per heavy atom. The van der Waals surface area contributed by atoms with Crippen LogP contribution in [0.5, 0.6) is 0 Å². The number of hydrogen-bond acceptors (Lipinski definition) is 5. The lowest BCUT2D eigenvalue weighted by molar-refractivity contribution is -0.149. The number of hydrogen-bond donors (Lipinski definition) is 1. The zero-order valence-corrected chi connectivity index (χ0v) is 25.6. The fraction of sp³-hybridized carbons (Fsp3) is 0.594. The lowest BCUT2D eigenvalue weighted by Gasteiger charge is -2.45. The average Bonchev–Trinajstić information content (AvgIpc) is 3.49. The number of anilines is 1. The highest BCUT2D eigenvalue weighted by molar-refractivity contribution is 8.02. The van der Waals surface area contributed by atoms with Gasteiger partial charge in [-0.15, -0.1) is 24.9 Å². The minimum atomic E-state index is -0.781. The summed E-state index contributed by atoms with van der Waals surface area (Å²) >= 11 is 1.66. The predicted molar refractivity (Wildman–Crippen MR) is 162 cm³/mol. The van der Waals surface area contributed by atoms with E-state index in [0.29, 0.717) is 13.1 Å². The summed E-state index contributed by atoms with van der Waals surface area (Å²) < 4.78 is -0.761. The molecule has 0 saturated carbocycles. The van der Waals surface area contributed by atoms with Gasteiger partial charge in [-0.05, 0) is 51.2 Å². The summed E-state index contributed by atoms with van der Waals surface area (Å²) in [6.07, 6.45) is 4.17. The molecule has 2 bridgehead atoms. The third-order valence-corrected chi connectivity index (χ3v) is 11.1. The van der Waals surface area contributed by atoms with Gasteiger partial charge in [0.1, 0.15) is 6.04 Å². The van der Waals surface area contributed by atoms with Gasteiger partial charge in [-0.3, -0.25) is 14.4 Å². The summed E-state index contributed by atoms with van der Waals surface area (Å²) in [7, 11) is 0. The summed E-state index contributed by atoms with van der Waals surface area (Å²) in [5.74, 6) is -1.68. The second kappa shape index (κ2) is 11.4. The van der Waals surface area contributed by atoms with Crippen molar-refractivity contribution < 1.29 is 19.5 Å². The Balaban J connectivity index is 1.87. The van der Waals surface area contributed by atoms with E-state index < -0.39 is 34.2 Å². The van der Waals surface area contributed by atoms with Crippen LogP contribution >= 0.6 is 11.8 Å². The average molecular weight is 568 g/mol. The van der Waals surface area contributed by atoms with Crippen molar-refractivity contribution in [2.75, 3.05) is 24.6 Å².